The number of hydrogen-bond acceptors (Lipinski definition) is 2. The van der Waals surface area contributed by atoms with Crippen molar-refractivity contribution in [2.24, 2.45) is 0 Å². The molecule has 0 unspecified atom stereocenters. The van der Waals surface area contributed by atoms with Crippen LogP contribution in [0.1, 0.15) is 11.1 Å². The van der Waals surface area contributed by atoms with Crippen molar-refractivity contribution in [1.29, 1.82) is 0 Å². The molecule has 2 heterocycles. The number of benzene rings is 2. The minimum atomic E-state index is 0. The van der Waals surface area contributed by atoms with E-state index < -0.39 is 0 Å². The van der Waals surface area contributed by atoms with E-state index in [1.54, 1.807) is 6.20 Å². The van der Waals surface area contributed by atoms with Crippen LogP contribution < -0.4 is 21.5 Å². The van der Waals surface area contributed by atoms with Gasteiger partial charge in [-0.25, -0.2) is 4.98 Å². The predicted molar refractivity (Wildman–Crippen MR) is 108 cm³/mol. The first-order valence-corrected chi connectivity index (χ1v) is 9.30. The minimum absolute atomic E-state index is 0. The molecule has 0 atom stereocenters. The van der Waals surface area contributed by atoms with Gasteiger partial charge >= 0.3 is 0 Å². The quantitative estimate of drug-likeness (QED) is 0.425. The minimum Gasteiger partial charge on any atom is -1.00 e. The zero-order valence-corrected chi connectivity index (χ0v) is 18.2. The lowest BCUT2D eigenvalue weighted by Crippen LogP contribution is -3.00. The van der Waals surface area contributed by atoms with Crippen LogP contribution in [0, 0.1) is 6.92 Å². The van der Waals surface area contributed by atoms with Gasteiger partial charge in [-0.3, -0.25) is 0 Å². The van der Waals surface area contributed by atoms with Crippen LogP contribution in [0.3, 0.4) is 0 Å². The van der Waals surface area contributed by atoms with E-state index in [4.69, 9.17) is 27.6 Å². The van der Waals surface area contributed by atoms with E-state index in [9.17, 15) is 0 Å². The van der Waals surface area contributed by atoms with Gasteiger partial charge in [-0.15, -0.1) is 0 Å². The average molecular weight is 476 g/mol. The molecule has 0 aliphatic carbocycles. The Hall–Kier alpha value is -2.14. The third kappa shape index (κ3) is 4.64. The molecule has 0 aliphatic heterocycles. The molecule has 28 heavy (non-hydrogen) atoms. The summed E-state index contributed by atoms with van der Waals surface area (Å²) in [6.07, 6.45) is 5.76. The zero-order valence-electron chi connectivity index (χ0n) is 15.1. The van der Waals surface area contributed by atoms with Crippen molar-refractivity contribution in [3.63, 3.8) is 0 Å². The Morgan fingerprint density at radius 3 is 2.50 bits per heavy atom. The van der Waals surface area contributed by atoms with Crippen LogP contribution in [0.4, 0.5) is 0 Å². The van der Waals surface area contributed by atoms with Gasteiger partial charge in [0.25, 0.3) is 0 Å². The zero-order chi connectivity index (χ0) is 18.8. The number of aromatic nitrogens is 2. The van der Waals surface area contributed by atoms with Crippen LogP contribution >= 0.6 is 23.2 Å². The van der Waals surface area contributed by atoms with Crippen molar-refractivity contribution in [2.75, 3.05) is 0 Å². The van der Waals surface area contributed by atoms with Crippen molar-refractivity contribution in [2.45, 2.75) is 13.5 Å². The number of halogens is 3. The molecule has 0 bridgehead atoms. The lowest BCUT2D eigenvalue weighted by atomic mass is 10.1. The molecular formula is C22H17BrCl2N2O. The van der Waals surface area contributed by atoms with Gasteiger partial charge in [0.2, 0.25) is 5.89 Å². The van der Waals surface area contributed by atoms with Crippen LogP contribution in [-0.4, -0.2) is 4.98 Å². The molecule has 0 aliphatic rings. The average Bonchev–Trinajstić information content (AvgIpc) is 3.16. The Labute approximate surface area is 184 Å². The SMILES string of the molecule is Cc1ccc(-c2cnc(-c3ccc[n+](Cc4ccc(Cl)c(Cl)c4)c3)o2)cc1.[Br-]. The van der Waals surface area contributed by atoms with Gasteiger partial charge in [-0.2, -0.15) is 4.57 Å². The summed E-state index contributed by atoms with van der Waals surface area (Å²) >= 11 is 12.1. The largest absolute Gasteiger partial charge is 1.00 e. The van der Waals surface area contributed by atoms with Crippen LogP contribution in [0.25, 0.3) is 22.8 Å². The first kappa shape index (κ1) is 20.6. The molecule has 3 nitrogen and oxygen atoms in total. The highest BCUT2D eigenvalue weighted by molar-refractivity contribution is 6.42. The maximum absolute atomic E-state index is 6.11. The van der Waals surface area contributed by atoms with Crippen molar-refractivity contribution in [3.05, 3.63) is 94.4 Å². The van der Waals surface area contributed by atoms with E-state index >= 15 is 0 Å². The molecule has 0 saturated carbocycles. The van der Waals surface area contributed by atoms with Crippen LogP contribution in [0.2, 0.25) is 10.0 Å². The summed E-state index contributed by atoms with van der Waals surface area (Å²) in [7, 11) is 0. The molecule has 0 saturated heterocycles. The molecule has 6 heteroatoms. The predicted octanol–water partition coefficient (Wildman–Crippen LogP) is 2.96. The fourth-order valence-electron chi connectivity index (χ4n) is 2.85. The van der Waals surface area contributed by atoms with Crippen molar-refractivity contribution in [1.82, 2.24) is 4.98 Å². The lowest BCUT2D eigenvalue weighted by Gasteiger charge is -2.01. The number of hydrogen-bond donors (Lipinski definition) is 0. The van der Waals surface area contributed by atoms with Crippen LogP contribution in [-0.2, 0) is 6.54 Å². The first-order chi connectivity index (χ1) is 13.1. The molecule has 0 amide bonds. The molecule has 0 radical (unpaired) electrons. The van der Waals surface area contributed by atoms with E-state index in [1.165, 1.54) is 5.56 Å². The van der Waals surface area contributed by atoms with Gasteiger partial charge in [0, 0.05) is 17.2 Å². The van der Waals surface area contributed by atoms with Gasteiger partial charge in [0.05, 0.1) is 16.2 Å². The van der Waals surface area contributed by atoms with E-state index in [2.05, 4.69) is 28.6 Å². The Bertz CT molecular complexity index is 1090. The molecule has 4 aromatic rings. The number of aryl methyl sites for hydroxylation is 1. The fraction of sp³-hybridized carbons (Fsp3) is 0.0909. The number of oxazole rings is 1. The highest BCUT2D eigenvalue weighted by atomic mass is 79.9. The summed E-state index contributed by atoms with van der Waals surface area (Å²) in [5, 5.41) is 1.11. The first-order valence-electron chi connectivity index (χ1n) is 8.55. The maximum Gasteiger partial charge on any atom is 0.232 e. The van der Waals surface area contributed by atoms with Gasteiger partial charge in [0.1, 0.15) is 5.56 Å². The molecule has 4 rings (SSSR count). The monoisotopic (exact) mass is 474 g/mol. The van der Waals surface area contributed by atoms with E-state index in [0.717, 1.165) is 22.5 Å². The lowest BCUT2D eigenvalue weighted by molar-refractivity contribution is -0.687. The summed E-state index contributed by atoms with van der Waals surface area (Å²) in [5.74, 6) is 1.35. The Kier molecular flexibility index (Phi) is 6.55. The topological polar surface area (TPSA) is 29.9 Å². The highest BCUT2D eigenvalue weighted by Crippen LogP contribution is 2.26. The molecule has 142 valence electrons. The third-order valence-electron chi connectivity index (χ3n) is 4.30. The Morgan fingerprint density at radius 2 is 1.75 bits per heavy atom. The van der Waals surface area contributed by atoms with Gasteiger partial charge in [-0.05, 0) is 25.1 Å². The fourth-order valence-corrected chi connectivity index (χ4v) is 3.18. The van der Waals surface area contributed by atoms with Crippen LogP contribution in [0.15, 0.2) is 77.6 Å². The molecule has 2 aromatic carbocycles. The molecular weight excluding hydrogens is 459 g/mol. The standard InChI is InChI=1S/C22H17Cl2N2O.BrH/c1-15-4-7-17(8-5-15)21-12-25-22(27-21)18-3-2-10-26(14-18)13-16-6-9-19(23)20(24)11-16;/h2-12,14H,13H2,1H3;1H/q+1;/p-1. The van der Waals surface area contributed by atoms with Crippen LogP contribution in [0.5, 0.6) is 0 Å². The summed E-state index contributed by atoms with van der Waals surface area (Å²) in [5.41, 5.74) is 4.21. The summed E-state index contributed by atoms with van der Waals surface area (Å²) in [6, 6.07) is 17.8. The van der Waals surface area contributed by atoms with E-state index in [0.29, 0.717) is 22.5 Å². The molecule has 0 N–H and O–H groups in total. The van der Waals surface area contributed by atoms with E-state index in [1.807, 2.05) is 54.9 Å². The molecule has 0 fully saturated rings. The number of pyridine rings is 1. The Morgan fingerprint density at radius 1 is 0.964 bits per heavy atom. The number of rotatable bonds is 4. The Balaban J connectivity index is 0.00000225. The highest BCUT2D eigenvalue weighted by Gasteiger charge is 2.13. The van der Waals surface area contributed by atoms with Crippen molar-refractivity contribution in [3.8, 4) is 22.8 Å². The van der Waals surface area contributed by atoms with E-state index in [-0.39, 0.29) is 17.0 Å². The van der Waals surface area contributed by atoms with Gasteiger partial charge in [0.15, 0.2) is 24.7 Å². The summed E-state index contributed by atoms with van der Waals surface area (Å²) in [4.78, 5) is 4.44. The molecule has 0 spiro atoms. The second-order valence-corrected chi connectivity index (χ2v) is 7.22. The van der Waals surface area contributed by atoms with Gasteiger partial charge < -0.3 is 21.4 Å². The summed E-state index contributed by atoms with van der Waals surface area (Å²) < 4.78 is 8.03. The molecule has 2 aromatic heterocycles. The summed E-state index contributed by atoms with van der Waals surface area (Å²) in [6.45, 7) is 2.74. The van der Waals surface area contributed by atoms with Crippen molar-refractivity contribution >= 4 is 23.2 Å². The number of nitrogens with zero attached hydrogens (tertiary/aromatic N) is 2. The van der Waals surface area contributed by atoms with Crippen molar-refractivity contribution < 1.29 is 26.0 Å². The normalized spacial score (nSPS) is 10.5. The smallest absolute Gasteiger partial charge is 0.232 e. The second kappa shape index (κ2) is 8.91. The maximum atomic E-state index is 6.11. The van der Waals surface area contributed by atoms with Gasteiger partial charge in [-0.1, -0.05) is 59.1 Å². The second-order valence-electron chi connectivity index (χ2n) is 6.41. The third-order valence-corrected chi connectivity index (χ3v) is 5.04.